The van der Waals surface area contributed by atoms with Crippen LogP contribution in [-0.4, -0.2) is 52.6 Å². The van der Waals surface area contributed by atoms with E-state index in [1.165, 1.54) is 6.39 Å². The molecule has 3 N–H and O–H groups in total. The fourth-order valence-corrected chi connectivity index (χ4v) is 4.26. The van der Waals surface area contributed by atoms with Crippen molar-refractivity contribution >= 4 is 23.6 Å². The van der Waals surface area contributed by atoms with Gasteiger partial charge >= 0.3 is 0 Å². The number of benzene rings is 1. The molecular weight excluding hydrogens is 402 g/mol. The summed E-state index contributed by atoms with van der Waals surface area (Å²) in [5, 5.41) is 8.68. The molecule has 1 aromatic carbocycles. The molecule has 0 bridgehead atoms. The predicted octanol–water partition coefficient (Wildman–Crippen LogP) is 0.0524. The largest absolute Gasteiger partial charge is 0.448 e. The monoisotopic (exact) mass is 423 g/mol. The molecule has 4 amide bonds. The maximum Gasteiger partial charge on any atom is 0.262 e. The van der Waals surface area contributed by atoms with Crippen LogP contribution in [0.25, 0.3) is 0 Å². The highest BCUT2D eigenvalue weighted by atomic mass is 16.3. The van der Waals surface area contributed by atoms with Gasteiger partial charge in [0.2, 0.25) is 11.8 Å². The highest BCUT2D eigenvalue weighted by molar-refractivity contribution is 6.24. The minimum absolute atomic E-state index is 0.0920. The summed E-state index contributed by atoms with van der Waals surface area (Å²) in [5.41, 5.74) is 2.07. The first-order chi connectivity index (χ1) is 15.0. The van der Waals surface area contributed by atoms with E-state index >= 15 is 0 Å². The van der Waals surface area contributed by atoms with E-state index in [1.807, 2.05) is 0 Å². The standard InChI is InChI=1S/C21H21N5O5/c27-16-5-4-15(19(28)25-16)26-20(29)13-3-1-2-11(17(13)21(26)30)6-23-9-14-18(31-10-24-14)12-7-22-8-12/h1-3,10,12,15,22-23H,4-9H2,(H,25,27,28). The maximum atomic E-state index is 13.1. The van der Waals surface area contributed by atoms with Gasteiger partial charge in [-0.2, -0.15) is 0 Å². The van der Waals surface area contributed by atoms with Gasteiger partial charge in [0.25, 0.3) is 11.8 Å². The summed E-state index contributed by atoms with van der Waals surface area (Å²) < 4.78 is 5.52. The summed E-state index contributed by atoms with van der Waals surface area (Å²) in [7, 11) is 0. The summed E-state index contributed by atoms with van der Waals surface area (Å²) in [5.74, 6) is -0.842. The number of nitrogens with zero attached hydrogens (tertiary/aromatic N) is 2. The van der Waals surface area contributed by atoms with Gasteiger partial charge < -0.3 is 15.1 Å². The van der Waals surface area contributed by atoms with Gasteiger partial charge in [-0.05, 0) is 18.1 Å². The van der Waals surface area contributed by atoms with Crippen molar-refractivity contribution < 1.29 is 23.6 Å². The molecule has 10 nitrogen and oxygen atoms in total. The molecule has 3 aliphatic heterocycles. The molecule has 1 aromatic heterocycles. The number of piperidine rings is 1. The number of fused-ring (bicyclic) bond motifs is 1. The van der Waals surface area contributed by atoms with Gasteiger partial charge in [-0.25, -0.2) is 4.98 Å². The smallest absolute Gasteiger partial charge is 0.262 e. The van der Waals surface area contributed by atoms with Crippen molar-refractivity contribution in [2.75, 3.05) is 13.1 Å². The molecule has 2 saturated heterocycles. The van der Waals surface area contributed by atoms with Crippen LogP contribution in [0.5, 0.6) is 0 Å². The molecule has 160 valence electrons. The summed E-state index contributed by atoms with van der Waals surface area (Å²) in [6.45, 7) is 2.54. The highest BCUT2D eigenvalue weighted by Gasteiger charge is 2.45. The molecule has 3 aliphatic rings. The Kier molecular flexibility index (Phi) is 4.87. The third kappa shape index (κ3) is 3.33. The van der Waals surface area contributed by atoms with Crippen LogP contribution in [0.4, 0.5) is 0 Å². The Morgan fingerprint density at radius 2 is 1.97 bits per heavy atom. The van der Waals surface area contributed by atoms with E-state index in [1.54, 1.807) is 18.2 Å². The zero-order valence-corrected chi connectivity index (χ0v) is 16.6. The molecule has 2 aromatic rings. The topological polar surface area (TPSA) is 134 Å². The minimum Gasteiger partial charge on any atom is -0.448 e. The second-order valence-corrected chi connectivity index (χ2v) is 7.91. The number of rotatable bonds is 6. The van der Waals surface area contributed by atoms with E-state index in [9.17, 15) is 19.2 Å². The number of carbonyl (C=O) groups excluding carboxylic acids is 4. The van der Waals surface area contributed by atoms with E-state index < -0.39 is 29.7 Å². The number of aromatic nitrogens is 1. The lowest BCUT2D eigenvalue weighted by atomic mass is 9.98. The molecular formula is C21H21N5O5. The molecule has 1 unspecified atom stereocenters. The van der Waals surface area contributed by atoms with Crippen LogP contribution < -0.4 is 16.0 Å². The number of hydrogen-bond donors (Lipinski definition) is 3. The van der Waals surface area contributed by atoms with Crippen LogP contribution in [0.3, 0.4) is 0 Å². The van der Waals surface area contributed by atoms with Crippen molar-refractivity contribution in [2.24, 2.45) is 0 Å². The fourth-order valence-electron chi connectivity index (χ4n) is 4.26. The number of nitrogens with one attached hydrogen (secondary N) is 3. The first-order valence-corrected chi connectivity index (χ1v) is 10.2. The van der Waals surface area contributed by atoms with Gasteiger partial charge in [0, 0.05) is 38.5 Å². The van der Waals surface area contributed by atoms with Crippen LogP contribution >= 0.6 is 0 Å². The number of imide groups is 2. The summed E-state index contributed by atoms with van der Waals surface area (Å²) >= 11 is 0. The van der Waals surface area contributed by atoms with Crippen molar-refractivity contribution in [1.82, 2.24) is 25.8 Å². The van der Waals surface area contributed by atoms with Crippen molar-refractivity contribution in [2.45, 2.75) is 37.9 Å². The Morgan fingerprint density at radius 1 is 1.13 bits per heavy atom. The SMILES string of the molecule is O=C1CCC(N2C(=O)c3cccc(CNCc4ncoc4C4CNC4)c3C2=O)C(=O)N1. The molecule has 5 rings (SSSR count). The Balaban J connectivity index is 1.32. The number of carbonyl (C=O) groups is 4. The maximum absolute atomic E-state index is 13.1. The second-order valence-electron chi connectivity index (χ2n) is 7.91. The van der Waals surface area contributed by atoms with Gasteiger partial charge in [0.15, 0.2) is 6.39 Å². The van der Waals surface area contributed by atoms with Gasteiger partial charge in [-0.1, -0.05) is 12.1 Å². The molecule has 10 heteroatoms. The van der Waals surface area contributed by atoms with E-state index in [2.05, 4.69) is 20.9 Å². The summed E-state index contributed by atoms with van der Waals surface area (Å²) in [4.78, 5) is 54.9. The van der Waals surface area contributed by atoms with Crippen LogP contribution in [0.1, 0.15) is 56.5 Å². The van der Waals surface area contributed by atoms with Crippen LogP contribution in [0, 0.1) is 0 Å². The number of amides is 4. The fraction of sp³-hybridized carbons (Fsp3) is 0.381. The van der Waals surface area contributed by atoms with Crippen molar-refractivity contribution in [3.05, 3.63) is 52.7 Å². The Hall–Kier alpha value is -3.37. The van der Waals surface area contributed by atoms with Gasteiger partial charge in [0.05, 0.1) is 16.8 Å². The molecule has 0 spiro atoms. The average Bonchev–Trinajstić information content (AvgIpc) is 3.25. The molecule has 4 heterocycles. The minimum atomic E-state index is -0.973. The molecule has 31 heavy (non-hydrogen) atoms. The van der Waals surface area contributed by atoms with Crippen LogP contribution in [-0.2, 0) is 22.7 Å². The molecule has 0 aliphatic carbocycles. The quantitative estimate of drug-likeness (QED) is 0.555. The van der Waals surface area contributed by atoms with Gasteiger partial charge in [0.1, 0.15) is 11.8 Å². The Bertz CT molecular complexity index is 1090. The lowest BCUT2D eigenvalue weighted by Crippen LogP contribution is -2.54. The summed E-state index contributed by atoms with van der Waals surface area (Å²) in [6.07, 6.45) is 1.66. The molecule has 0 saturated carbocycles. The van der Waals surface area contributed by atoms with E-state index in [4.69, 9.17) is 4.42 Å². The van der Waals surface area contributed by atoms with E-state index in [0.717, 1.165) is 29.4 Å². The van der Waals surface area contributed by atoms with Crippen LogP contribution in [0.2, 0.25) is 0 Å². The normalized spacial score (nSPS) is 21.3. The third-order valence-electron chi connectivity index (χ3n) is 5.99. The number of hydrogen-bond acceptors (Lipinski definition) is 8. The second kappa shape index (κ2) is 7.71. The third-order valence-corrected chi connectivity index (χ3v) is 5.99. The van der Waals surface area contributed by atoms with Crippen molar-refractivity contribution in [3.8, 4) is 0 Å². The molecule has 0 radical (unpaired) electrons. The van der Waals surface area contributed by atoms with Gasteiger partial charge in [-0.3, -0.25) is 29.4 Å². The zero-order valence-electron chi connectivity index (χ0n) is 16.6. The zero-order chi connectivity index (χ0) is 21.5. The first-order valence-electron chi connectivity index (χ1n) is 10.2. The first kappa shape index (κ1) is 19.6. The van der Waals surface area contributed by atoms with E-state index in [0.29, 0.717) is 30.1 Å². The molecule has 1 atom stereocenters. The van der Waals surface area contributed by atoms with Crippen molar-refractivity contribution in [3.63, 3.8) is 0 Å². The van der Waals surface area contributed by atoms with Crippen LogP contribution in [0.15, 0.2) is 29.0 Å². The number of oxazole rings is 1. The molecule has 2 fully saturated rings. The average molecular weight is 423 g/mol. The van der Waals surface area contributed by atoms with Crippen molar-refractivity contribution in [1.29, 1.82) is 0 Å². The van der Waals surface area contributed by atoms with E-state index in [-0.39, 0.29) is 18.4 Å². The lowest BCUT2D eigenvalue weighted by molar-refractivity contribution is -0.136. The Labute approximate surface area is 177 Å². The van der Waals surface area contributed by atoms with Gasteiger partial charge in [-0.15, -0.1) is 0 Å². The summed E-state index contributed by atoms with van der Waals surface area (Å²) in [6, 6.07) is 4.12. The Morgan fingerprint density at radius 3 is 2.71 bits per heavy atom. The lowest BCUT2D eigenvalue weighted by Gasteiger charge is -2.27. The predicted molar refractivity (Wildman–Crippen MR) is 106 cm³/mol. The highest BCUT2D eigenvalue weighted by Crippen LogP contribution is 2.30.